The molecule has 1 atom stereocenters. The van der Waals surface area contributed by atoms with Crippen LogP contribution in [0.15, 0.2) is 22.7 Å². The fourth-order valence-corrected chi connectivity index (χ4v) is 1.76. The van der Waals surface area contributed by atoms with Gasteiger partial charge in [-0.15, -0.1) is 6.42 Å². The number of nitrogens with zero attached hydrogens (tertiary/aromatic N) is 1. The highest BCUT2D eigenvalue weighted by Gasteiger charge is 2.14. The lowest BCUT2D eigenvalue weighted by molar-refractivity contribution is -0.385. The lowest BCUT2D eigenvalue weighted by atomic mass is 10.1. The molecule has 0 amide bonds. The van der Waals surface area contributed by atoms with Gasteiger partial charge in [0.05, 0.1) is 11.0 Å². The Morgan fingerprint density at radius 2 is 2.35 bits per heavy atom. The second kappa shape index (κ2) is 6.38. The highest BCUT2D eigenvalue weighted by Crippen LogP contribution is 2.23. The van der Waals surface area contributed by atoms with E-state index >= 15 is 0 Å². The van der Waals surface area contributed by atoms with Crippen molar-refractivity contribution in [1.29, 1.82) is 0 Å². The van der Waals surface area contributed by atoms with Crippen molar-refractivity contribution in [3.8, 4) is 12.3 Å². The monoisotopic (exact) mass is 296 g/mol. The van der Waals surface area contributed by atoms with Crippen molar-refractivity contribution in [2.75, 3.05) is 0 Å². The van der Waals surface area contributed by atoms with E-state index in [2.05, 4.69) is 27.2 Å². The lowest BCUT2D eigenvalue weighted by Crippen LogP contribution is -2.26. The van der Waals surface area contributed by atoms with Crippen LogP contribution in [0.4, 0.5) is 5.69 Å². The first-order valence-electron chi connectivity index (χ1n) is 5.20. The van der Waals surface area contributed by atoms with E-state index in [0.717, 1.165) is 6.42 Å². The molecule has 1 aromatic carbocycles. The molecule has 1 unspecified atom stereocenters. The van der Waals surface area contributed by atoms with E-state index < -0.39 is 4.92 Å². The van der Waals surface area contributed by atoms with E-state index in [9.17, 15) is 10.1 Å². The van der Waals surface area contributed by atoms with Gasteiger partial charge in [0, 0.05) is 22.6 Å². The van der Waals surface area contributed by atoms with Crippen LogP contribution in [0, 0.1) is 22.5 Å². The molecule has 17 heavy (non-hydrogen) atoms. The molecule has 90 valence electrons. The summed E-state index contributed by atoms with van der Waals surface area (Å²) in [6.07, 6.45) is 6.11. The fraction of sp³-hybridized carbons (Fsp3) is 0.333. The van der Waals surface area contributed by atoms with Gasteiger partial charge in [-0.25, -0.2) is 0 Å². The molecule has 0 spiro atoms. The number of rotatable bonds is 5. The predicted octanol–water partition coefficient (Wildman–Crippen LogP) is 2.86. The molecule has 0 aliphatic rings. The average molecular weight is 297 g/mol. The molecule has 0 fully saturated rings. The molecule has 0 aliphatic carbocycles. The first-order chi connectivity index (χ1) is 8.08. The van der Waals surface area contributed by atoms with Crippen molar-refractivity contribution in [3.63, 3.8) is 0 Å². The van der Waals surface area contributed by atoms with Crippen molar-refractivity contribution in [1.82, 2.24) is 5.32 Å². The van der Waals surface area contributed by atoms with Crippen LogP contribution in [0.25, 0.3) is 0 Å². The third-order valence-corrected chi connectivity index (χ3v) is 2.89. The van der Waals surface area contributed by atoms with E-state index in [0.29, 0.717) is 16.6 Å². The van der Waals surface area contributed by atoms with Gasteiger partial charge in [0.1, 0.15) is 0 Å². The van der Waals surface area contributed by atoms with Crippen LogP contribution in [-0.2, 0) is 6.54 Å². The fourth-order valence-electron chi connectivity index (χ4n) is 1.41. The minimum atomic E-state index is -0.390. The summed E-state index contributed by atoms with van der Waals surface area (Å²) in [6, 6.07) is 4.94. The summed E-state index contributed by atoms with van der Waals surface area (Å²) in [7, 11) is 0. The van der Waals surface area contributed by atoms with E-state index in [1.54, 1.807) is 12.1 Å². The highest BCUT2D eigenvalue weighted by molar-refractivity contribution is 9.10. The van der Waals surface area contributed by atoms with Crippen LogP contribution < -0.4 is 5.32 Å². The molecule has 0 aromatic heterocycles. The Kier molecular flexibility index (Phi) is 5.13. The zero-order valence-electron chi connectivity index (χ0n) is 9.44. The topological polar surface area (TPSA) is 55.2 Å². The number of nitro benzene ring substituents is 1. The number of terminal acetylenes is 1. The van der Waals surface area contributed by atoms with Gasteiger partial charge < -0.3 is 0 Å². The molecule has 1 N–H and O–H groups in total. The summed E-state index contributed by atoms with van der Waals surface area (Å²) in [5.41, 5.74) is 0.727. The van der Waals surface area contributed by atoms with Gasteiger partial charge in [-0.3, -0.25) is 15.4 Å². The van der Waals surface area contributed by atoms with Crippen LogP contribution in [0.3, 0.4) is 0 Å². The van der Waals surface area contributed by atoms with E-state index in [4.69, 9.17) is 6.42 Å². The highest BCUT2D eigenvalue weighted by atomic mass is 79.9. The first-order valence-corrected chi connectivity index (χ1v) is 6.00. The third kappa shape index (κ3) is 3.84. The van der Waals surface area contributed by atoms with Crippen molar-refractivity contribution in [2.45, 2.75) is 25.9 Å². The third-order valence-electron chi connectivity index (χ3n) is 2.39. The Hall–Kier alpha value is -1.38. The normalized spacial score (nSPS) is 11.8. The molecule has 0 bridgehead atoms. The number of hydrogen-bond acceptors (Lipinski definition) is 3. The maximum absolute atomic E-state index is 10.9. The quantitative estimate of drug-likeness (QED) is 0.516. The first kappa shape index (κ1) is 13.7. The second-order valence-corrected chi connectivity index (χ2v) is 4.45. The molecule has 1 aromatic rings. The molecular weight excluding hydrogens is 284 g/mol. The van der Waals surface area contributed by atoms with Crippen molar-refractivity contribution < 1.29 is 4.92 Å². The van der Waals surface area contributed by atoms with Crippen LogP contribution in [-0.4, -0.2) is 11.0 Å². The van der Waals surface area contributed by atoms with E-state index in [-0.39, 0.29) is 11.7 Å². The Labute approximate surface area is 109 Å². The van der Waals surface area contributed by atoms with Gasteiger partial charge in [0.2, 0.25) is 0 Å². The minimum Gasteiger partial charge on any atom is -0.299 e. The van der Waals surface area contributed by atoms with Crippen LogP contribution in [0.1, 0.15) is 18.9 Å². The molecule has 1 rings (SSSR count). The van der Waals surface area contributed by atoms with Crippen molar-refractivity contribution in [3.05, 3.63) is 38.3 Å². The lowest BCUT2D eigenvalue weighted by Gasteiger charge is -2.10. The van der Waals surface area contributed by atoms with Gasteiger partial charge in [-0.1, -0.05) is 28.8 Å². The maximum Gasteiger partial charge on any atom is 0.275 e. The smallest absolute Gasteiger partial charge is 0.275 e. The van der Waals surface area contributed by atoms with Gasteiger partial charge >= 0.3 is 0 Å². The predicted molar refractivity (Wildman–Crippen MR) is 70.5 cm³/mol. The largest absolute Gasteiger partial charge is 0.299 e. The van der Waals surface area contributed by atoms with Crippen LogP contribution >= 0.6 is 15.9 Å². The Bertz CT molecular complexity index is 454. The van der Waals surface area contributed by atoms with Gasteiger partial charge in [-0.2, -0.15) is 0 Å². The van der Waals surface area contributed by atoms with Crippen molar-refractivity contribution in [2.24, 2.45) is 0 Å². The van der Waals surface area contributed by atoms with Crippen LogP contribution in [0.5, 0.6) is 0 Å². The summed E-state index contributed by atoms with van der Waals surface area (Å²) in [6.45, 7) is 2.36. The maximum atomic E-state index is 10.9. The average Bonchev–Trinajstić information content (AvgIpc) is 2.31. The molecule has 5 heteroatoms. The summed E-state index contributed by atoms with van der Waals surface area (Å²) in [5.74, 6) is 2.59. The van der Waals surface area contributed by atoms with Gasteiger partial charge in [-0.05, 0) is 18.6 Å². The van der Waals surface area contributed by atoms with Gasteiger partial charge in [0.25, 0.3) is 5.69 Å². The Morgan fingerprint density at radius 3 is 2.88 bits per heavy atom. The molecule has 0 heterocycles. The molecule has 0 saturated heterocycles. The molecule has 0 saturated carbocycles. The number of nitro groups is 1. The van der Waals surface area contributed by atoms with Crippen molar-refractivity contribution >= 4 is 21.6 Å². The van der Waals surface area contributed by atoms with Gasteiger partial charge in [0.15, 0.2) is 0 Å². The number of nitrogens with one attached hydrogen (secondary N) is 1. The minimum absolute atomic E-state index is 0.0572. The Morgan fingerprint density at radius 1 is 1.65 bits per heavy atom. The molecule has 4 nitrogen and oxygen atoms in total. The zero-order valence-corrected chi connectivity index (χ0v) is 11.0. The Balaban J connectivity index is 2.84. The molecular formula is C12H13BrN2O2. The van der Waals surface area contributed by atoms with Crippen LogP contribution in [0.2, 0.25) is 0 Å². The summed E-state index contributed by atoms with van der Waals surface area (Å²) >= 11 is 3.21. The zero-order chi connectivity index (χ0) is 12.8. The summed E-state index contributed by atoms with van der Waals surface area (Å²) in [4.78, 5) is 10.5. The summed E-state index contributed by atoms with van der Waals surface area (Å²) in [5, 5.41) is 14.0. The second-order valence-electron chi connectivity index (χ2n) is 3.54. The molecule has 0 radical (unpaired) electrons. The number of benzene rings is 1. The standard InChI is InChI=1S/C12H13BrN2O2/c1-3-11(4-2)14-8-9-5-6-10(13)7-12(9)15(16)17/h1,5-7,11,14H,4,8H2,2H3. The number of halogens is 1. The number of hydrogen-bond donors (Lipinski definition) is 1. The SMILES string of the molecule is C#CC(CC)NCc1ccc(Br)cc1[N+](=O)[O-]. The summed E-state index contributed by atoms with van der Waals surface area (Å²) < 4.78 is 0.692. The van der Waals surface area contributed by atoms with E-state index in [1.807, 2.05) is 6.92 Å². The molecule has 0 aliphatic heterocycles. The van der Waals surface area contributed by atoms with E-state index in [1.165, 1.54) is 6.07 Å².